The van der Waals surface area contributed by atoms with Crippen LogP contribution in [0.2, 0.25) is 0 Å². The number of alkyl halides is 1. The molecule has 0 amide bonds. The van der Waals surface area contributed by atoms with Gasteiger partial charge in [0.1, 0.15) is 0 Å². The molecule has 0 saturated heterocycles. The molecule has 2 aromatic rings. The number of hydrogen-bond acceptors (Lipinski definition) is 3. The van der Waals surface area contributed by atoms with Crippen LogP contribution in [0.3, 0.4) is 0 Å². The smallest absolute Gasteiger partial charge is 0.314 e. The van der Waals surface area contributed by atoms with Crippen molar-refractivity contribution in [2.45, 2.75) is 25.8 Å². The fraction of sp³-hybridized carbons (Fsp3) is 0.357. The van der Waals surface area contributed by atoms with Gasteiger partial charge in [-0.1, -0.05) is 13.0 Å². The summed E-state index contributed by atoms with van der Waals surface area (Å²) in [6, 6.07) is 3.73. The SMILES string of the molecule is CC(c1cccnc1)c1c[nH]c(=O)n(CCCCl)c1=O. The molecule has 1 atom stereocenters. The fourth-order valence-electron chi connectivity index (χ4n) is 2.07. The molecule has 0 aliphatic carbocycles. The zero-order valence-electron chi connectivity index (χ0n) is 11.2. The van der Waals surface area contributed by atoms with Crippen LogP contribution in [-0.4, -0.2) is 20.4 Å². The van der Waals surface area contributed by atoms with E-state index in [0.29, 0.717) is 24.4 Å². The summed E-state index contributed by atoms with van der Waals surface area (Å²) in [6.45, 7) is 2.24. The van der Waals surface area contributed by atoms with Gasteiger partial charge in [0.25, 0.3) is 5.56 Å². The normalized spacial score (nSPS) is 12.3. The molecule has 0 saturated carbocycles. The van der Waals surface area contributed by atoms with Crippen LogP contribution in [0.15, 0.2) is 40.3 Å². The Bertz CT molecular complexity index is 679. The minimum Gasteiger partial charge on any atom is -0.314 e. The van der Waals surface area contributed by atoms with Crippen molar-refractivity contribution in [2.24, 2.45) is 0 Å². The molecule has 0 radical (unpaired) electrons. The van der Waals surface area contributed by atoms with Crippen molar-refractivity contribution < 1.29 is 0 Å². The molecule has 2 aromatic heterocycles. The van der Waals surface area contributed by atoms with Gasteiger partial charge in [0.2, 0.25) is 0 Å². The Kier molecular flexibility index (Phi) is 4.74. The number of aromatic amines is 1. The number of halogens is 1. The molecular weight excluding hydrogens is 278 g/mol. The maximum Gasteiger partial charge on any atom is 0.328 e. The molecule has 1 unspecified atom stereocenters. The van der Waals surface area contributed by atoms with E-state index in [-0.39, 0.29) is 11.5 Å². The van der Waals surface area contributed by atoms with Gasteiger partial charge >= 0.3 is 5.69 Å². The molecule has 0 aromatic carbocycles. The molecule has 5 nitrogen and oxygen atoms in total. The van der Waals surface area contributed by atoms with Crippen LogP contribution < -0.4 is 11.2 Å². The first-order chi connectivity index (χ1) is 9.65. The zero-order valence-corrected chi connectivity index (χ0v) is 11.9. The minimum atomic E-state index is -0.401. The summed E-state index contributed by atoms with van der Waals surface area (Å²) >= 11 is 5.62. The fourth-order valence-corrected chi connectivity index (χ4v) is 2.19. The second-order valence-electron chi connectivity index (χ2n) is 4.56. The van der Waals surface area contributed by atoms with E-state index in [1.54, 1.807) is 12.4 Å². The summed E-state index contributed by atoms with van der Waals surface area (Å²) in [5.74, 6) is 0.282. The molecule has 20 heavy (non-hydrogen) atoms. The Morgan fingerprint density at radius 1 is 1.45 bits per heavy atom. The Hall–Kier alpha value is -1.88. The minimum absolute atomic E-state index is 0.129. The Labute approximate surface area is 121 Å². The van der Waals surface area contributed by atoms with Crippen molar-refractivity contribution in [3.8, 4) is 0 Å². The topological polar surface area (TPSA) is 67.8 Å². The van der Waals surface area contributed by atoms with Crippen molar-refractivity contribution in [3.63, 3.8) is 0 Å². The van der Waals surface area contributed by atoms with E-state index < -0.39 is 5.69 Å². The van der Waals surface area contributed by atoms with Gasteiger partial charge in [-0.2, -0.15) is 0 Å². The predicted octanol–water partition coefficient (Wildman–Crippen LogP) is 1.71. The highest BCUT2D eigenvalue weighted by Crippen LogP contribution is 2.19. The highest BCUT2D eigenvalue weighted by molar-refractivity contribution is 6.17. The number of H-pyrrole nitrogens is 1. The van der Waals surface area contributed by atoms with E-state index in [1.807, 2.05) is 19.1 Å². The van der Waals surface area contributed by atoms with Gasteiger partial charge in [-0.05, 0) is 18.1 Å². The Morgan fingerprint density at radius 3 is 2.90 bits per heavy atom. The molecule has 0 aliphatic rings. The average Bonchev–Trinajstić information content (AvgIpc) is 2.47. The first kappa shape index (κ1) is 14.5. The number of nitrogens with zero attached hydrogens (tertiary/aromatic N) is 2. The molecule has 2 heterocycles. The van der Waals surface area contributed by atoms with E-state index in [4.69, 9.17) is 11.6 Å². The molecule has 106 valence electrons. The second-order valence-corrected chi connectivity index (χ2v) is 4.93. The van der Waals surface area contributed by atoms with Gasteiger partial charge in [0.15, 0.2) is 0 Å². The van der Waals surface area contributed by atoms with Crippen LogP contribution in [0.5, 0.6) is 0 Å². The van der Waals surface area contributed by atoms with Crippen molar-refractivity contribution in [2.75, 3.05) is 5.88 Å². The van der Waals surface area contributed by atoms with Gasteiger partial charge in [-0.15, -0.1) is 11.6 Å². The third kappa shape index (κ3) is 2.99. The van der Waals surface area contributed by atoms with Crippen molar-refractivity contribution in [1.29, 1.82) is 0 Å². The van der Waals surface area contributed by atoms with Gasteiger partial charge in [-0.3, -0.25) is 14.3 Å². The van der Waals surface area contributed by atoms with E-state index >= 15 is 0 Å². The highest BCUT2D eigenvalue weighted by atomic mass is 35.5. The van der Waals surface area contributed by atoms with Crippen LogP contribution in [0.4, 0.5) is 0 Å². The summed E-state index contributed by atoms with van der Waals surface area (Å²) < 4.78 is 1.20. The van der Waals surface area contributed by atoms with E-state index in [2.05, 4.69) is 9.97 Å². The van der Waals surface area contributed by atoms with Crippen molar-refractivity contribution >= 4 is 11.6 Å². The van der Waals surface area contributed by atoms with Crippen LogP contribution >= 0.6 is 11.6 Å². The lowest BCUT2D eigenvalue weighted by Crippen LogP contribution is -2.37. The monoisotopic (exact) mass is 293 g/mol. The van der Waals surface area contributed by atoms with E-state index in [9.17, 15) is 9.59 Å². The average molecular weight is 294 g/mol. The highest BCUT2D eigenvalue weighted by Gasteiger charge is 2.15. The quantitative estimate of drug-likeness (QED) is 0.853. The standard InChI is InChI=1S/C14H16ClN3O2/c1-10(11-4-2-6-16-8-11)12-9-17-14(20)18(13(12)19)7-3-5-15/h2,4,6,8-10H,3,5,7H2,1H3,(H,17,20). The van der Waals surface area contributed by atoms with E-state index in [1.165, 1.54) is 10.8 Å². The van der Waals surface area contributed by atoms with Gasteiger partial charge in [0, 0.05) is 42.5 Å². The maximum atomic E-state index is 12.4. The number of hydrogen-bond donors (Lipinski definition) is 1. The summed E-state index contributed by atoms with van der Waals surface area (Å²) in [7, 11) is 0. The second kappa shape index (κ2) is 6.52. The largest absolute Gasteiger partial charge is 0.328 e. The third-order valence-electron chi connectivity index (χ3n) is 3.25. The molecule has 0 fully saturated rings. The van der Waals surface area contributed by atoms with E-state index in [0.717, 1.165) is 5.56 Å². The Morgan fingerprint density at radius 2 is 2.25 bits per heavy atom. The number of aromatic nitrogens is 3. The van der Waals surface area contributed by atoms with Gasteiger partial charge in [0.05, 0.1) is 0 Å². The van der Waals surface area contributed by atoms with Crippen molar-refractivity contribution in [1.82, 2.24) is 14.5 Å². The molecule has 0 spiro atoms. The van der Waals surface area contributed by atoms with Crippen molar-refractivity contribution in [3.05, 3.63) is 62.7 Å². The molecule has 1 N–H and O–H groups in total. The lowest BCUT2D eigenvalue weighted by atomic mass is 9.97. The predicted molar refractivity (Wildman–Crippen MR) is 78.4 cm³/mol. The first-order valence-corrected chi connectivity index (χ1v) is 6.97. The molecule has 6 heteroatoms. The summed E-state index contributed by atoms with van der Waals surface area (Å²) in [5.41, 5.74) is 0.810. The molecule has 2 rings (SSSR count). The van der Waals surface area contributed by atoms with Gasteiger partial charge in [-0.25, -0.2) is 4.79 Å². The number of nitrogens with one attached hydrogen (secondary N) is 1. The summed E-state index contributed by atoms with van der Waals surface area (Å²) in [6.07, 6.45) is 5.47. The first-order valence-electron chi connectivity index (χ1n) is 6.43. The van der Waals surface area contributed by atoms with Crippen LogP contribution in [0, 0.1) is 0 Å². The van der Waals surface area contributed by atoms with Crippen LogP contribution in [0.1, 0.15) is 30.4 Å². The molecule has 0 bridgehead atoms. The van der Waals surface area contributed by atoms with Gasteiger partial charge < -0.3 is 4.98 Å². The molecule has 0 aliphatic heterocycles. The Balaban J connectivity index is 2.43. The van der Waals surface area contributed by atoms with Crippen LogP contribution in [-0.2, 0) is 6.54 Å². The lowest BCUT2D eigenvalue weighted by molar-refractivity contribution is 0.605. The maximum absolute atomic E-state index is 12.4. The zero-order chi connectivity index (χ0) is 14.5. The summed E-state index contributed by atoms with van der Waals surface area (Å²) in [5, 5.41) is 0. The third-order valence-corrected chi connectivity index (χ3v) is 3.52. The van der Waals surface area contributed by atoms with Crippen LogP contribution in [0.25, 0.3) is 0 Å². The lowest BCUT2D eigenvalue weighted by Gasteiger charge is -2.12. The molecular formula is C14H16ClN3O2. The summed E-state index contributed by atoms with van der Waals surface area (Å²) in [4.78, 5) is 30.8. The number of rotatable bonds is 5. The number of pyridine rings is 1.